The summed E-state index contributed by atoms with van der Waals surface area (Å²) in [4.78, 5) is 86.7. The number of piperidine rings is 1. The van der Waals surface area contributed by atoms with Crippen LogP contribution in [-0.4, -0.2) is 82.1 Å². The molecule has 1 unspecified atom stereocenters. The van der Waals surface area contributed by atoms with Crippen LogP contribution in [0.2, 0.25) is 0 Å². The molecule has 0 radical (unpaired) electrons. The number of hydrogen-bond acceptors (Lipinski definition) is 8. The number of aromatic nitrogens is 1. The van der Waals surface area contributed by atoms with Gasteiger partial charge in [0.15, 0.2) is 5.60 Å². The van der Waals surface area contributed by atoms with Gasteiger partial charge < -0.3 is 25.6 Å². The van der Waals surface area contributed by atoms with E-state index in [9.17, 15) is 28.8 Å². The Labute approximate surface area is 283 Å². The molecular formula is C36H51N5O7. The number of likely N-dealkylation sites (tertiary alicyclic amines) is 1. The first-order chi connectivity index (χ1) is 22.6. The number of carbonyl (C=O) groups excluding carboxylic acids is 6. The molecule has 12 heteroatoms. The van der Waals surface area contributed by atoms with Crippen LogP contribution < -0.4 is 16.0 Å². The number of rotatable bonds is 13. The van der Waals surface area contributed by atoms with Gasteiger partial charge in [0.1, 0.15) is 17.8 Å². The molecule has 0 bridgehead atoms. The van der Waals surface area contributed by atoms with Gasteiger partial charge in [0.2, 0.25) is 23.4 Å². The maximum absolute atomic E-state index is 14.4. The van der Waals surface area contributed by atoms with Crippen molar-refractivity contribution in [2.24, 2.45) is 22.7 Å². The maximum atomic E-state index is 14.4. The second-order valence-electron chi connectivity index (χ2n) is 15.0. The average molecular weight is 666 g/mol. The van der Waals surface area contributed by atoms with E-state index in [4.69, 9.17) is 4.74 Å². The maximum Gasteiger partial charge on any atom is 0.408 e. The van der Waals surface area contributed by atoms with E-state index in [1.807, 2.05) is 20.8 Å². The number of alkyl carbamates (subject to hydrolysis) is 1. The highest BCUT2D eigenvalue weighted by atomic mass is 16.6. The Balaban J connectivity index is 1.55. The van der Waals surface area contributed by atoms with E-state index in [2.05, 4.69) is 27.5 Å². The first-order valence-corrected chi connectivity index (χ1v) is 17.1. The van der Waals surface area contributed by atoms with Gasteiger partial charge in [-0.2, -0.15) is 0 Å². The fraction of sp³-hybridized carbons (Fsp3) is 0.639. The number of nitrogens with zero attached hydrogens (tertiary/aromatic N) is 2. The van der Waals surface area contributed by atoms with Gasteiger partial charge in [-0.3, -0.25) is 29.0 Å². The zero-order valence-corrected chi connectivity index (χ0v) is 29.1. The van der Waals surface area contributed by atoms with Crippen LogP contribution in [0.5, 0.6) is 0 Å². The van der Waals surface area contributed by atoms with Crippen molar-refractivity contribution < 1.29 is 33.5 Å². The van der Waals surface area contributed by atoms with Gasteiger partial charge in [0, 0.05) is 19.3 Å². The van der Waals surface area contributed by atoms with Crippen LogP contribution >= 0.6 is 0 Å². The zero-order chi connectivity index (χ0) is 35.4. The molecule has 3 fully saturated rings. The average Bonchev–Trinajstić information content (AvgIpc) is 3.35. The van der Waals surface area contributed by atoms with Crippen molar-refractivity contribution in [1.29, 1.82) is 0 Å². The first-order valence-electron chi connectivity index (χ1n) is 17.1. The number of fused-ring (bicyclic) bond motifs is 1. The number of ketones is 2. The summed E-state index contributed by atoms with van der Waals surface area (Å²) in [5.41, 5.74) is -2.20. The molecule has 4 rings (SSSR count). The minimum Gasteiger partial charge on any atom is -0.434 e. The van der Waals surface area contributed by atoms with Crippen LogP contribution in [0.15, 0.2) is 37.1 Å². The predicted octanol–water partition coefficient (Wildman–Crippen LogP) is 3.75. The summed E-state index contributed by atoms with van der Waals surface area (Å²) in [6.45, 7) is 15.3. The van der Waals surface area contributed by atoms with Crippen LogP contribution in [-0.2, 0) is 23.9 Å². The van der Waals surface area contributed by atoms with Gasteiger partial charge in [-0.25, -0.2) is 4.79 Å². The molecule has 2 aliphatic carbocycles. The van der Waals surface area contributed by atoms with Crippen molar-refractivity contribution in [3.63, 3.8) is 0 Å². The number of hydrogen-bond donors (Lipinski definition) is 3. The minimum absolute atomic E-state index is 0.0440. The van der Waals surface area contributed by atoms with Crippen LogP contribution in [0.3, 0.4) is 0 Å². The lowest BCUT2D eigenvalue weighted by Gasteiger charge is -2.39. The van der Waals surface area contributed by atoms with Crippen molar-refractivity contribution in [1.82, 2.24) is 25.8 Å². The predicted molar refractivity (Wildman–Crippen MR) is 179 cm³/mol. The topological polar surface area (TPSA) is 164 Å². The smallest absolute Gasteiger partial charge is 0.408 e. The molecular weight excluding hydrogens is 614 g/mol. The second-order valence-corrected chi connectivity index (χ2v) is 15.0. The highest BCUT2D eigenvalue weighted by Gasteiger charge is 2.70. The van der Waals surface area contributed by atoms with Crippen molar-refractivity contribution in [2.45, 2.75) is 110 Å². The monoisotopic (exact) mass is 665 g/mol. The van der Waals surface area contributed by atoms with E-state index in [0.29, 0.717) is 38.6 Å². The molecule has 2 heterocycles. The molecule has 3 N–H and O–H groups in total. The van der Waals surface area contributed by atoms with Gasteiger partial charge in [-0.05, 0) is 66.9 Å². The Morgan fingerprint density at radius 2 is 1.77 bits per heavy atom. The van der Waals surface area contributed by atoms with Crippen molar-refractivity contribution >= 4 is 35.4 Å². The van der Waals surface area contributed by atoms with Crippen molar-refractivity contribution in [2.75, 3.05) is 13.1 Å². The molecule has 0 aromatic carbocycles. The summed E-state index contributed by atoms with van der Waals surface area (Å²) in [7, 11) is 0. The summed E-state index contributed by atoms with van der Waals surface area (Å²) in [6, 6.07) is 1.96. The number of ether oxygens (including phenoxy) is 1. The van der Waals surface area contributed by atoms with Crippen LogP contribution in [0.1, 0.15) is 97.0 Å². The third kappa shape index (κ3) is 7.63. The molecule has 2 saturated carbocycles. The molecule has 1 aromatic rings. The molecule has 48 heavy (non-hydrogen) atoms. The molecule has 262 valence electrons. The van der Waals surface area contributed by atoms with Crippen LogP contribution in [0.25, 0.3) is 0 Å². The number of nitrogens with one attached hydrogen (secondary N) is 3. The third-order valence-electron chi connectivity index (χ3n) is 10.2. The number of carbonyl (C=O) groups is 6. The largest absolute Gasteiger partial charge is 0.434 e. The Hall–Kier alpha value is -4.09. The molecule has 1 aliphatic heterocycles. The lowest BCUT2D eigenvalue weighted by molar-refractivity contribution is -0.145. The van der Waals surface area contributed by atoms with E-state index in [1.165, 1.54) is 17.2 Å². The van der Waals surface area contributed by atoms with Crippen molar-refractivity contribution in [3.8, 4) is 0 Å². The van der Waals surface area contributed by atoms with Gasteiger partial charge in [-0.1, -0.05) is 66.5 Å². The number of pyridine rings is 1. The van der Waals surface area contributed by atoms with E-state index >= 15 is 0 Å². The fourth-order valence-electron chi connectivity index (χ4n) is 7.41. The first kappa shape index (κ1) is 36.7. The summed E-state index contributed by atoms with van der Waals surface area (Å²) in [5.74, 6) is -3.04. The van der Waals surface area contributed by atoms with E-state index < -0.39 is 58.7 Å². The van der Waals surface area contributed by atoms with Gasteiger partial charge in [-0.15, -0.1) is 6.58 Å². The van der Waals surface area contributed by atoms with E-state index in [0.717, 1.165) is 6.42 Å². The summed E-state index contributed by atoms with van der Waals surface area (Å²) < 4.78 is 5.96. The SMILES string of the molecule is C=CCNC(=O)C(=O)C(CCC)NC(=O)[C@@H]1[C@@H]2[C@H](CN1C(=O)[C@@H](NC(=O)OC1(C(=O)c3ccccn3)CCCCC1)C(C)(C)C)C2(C)C. The van der Waals surface area contributed by atoms with Crippen molar-refractivity contribution in [3.05, 3.63) is 42.7 Å². The highest BCUT2D eigenvalue weighted by Crippen LogP contribution is 2.65. The van der Waals surface area contributed by atoms with E-state index in [-0.39, 0.29) is 41.7 Å². The van der Waals surface area contributed by atoms with Crippen LogP contribution in [0, 0.1) is 22.7 Å². The molecule has 5 atom stereocenters. The van der Waals surface area contributed by atoms with Crippen LogP contribution in [0.4, 0.5) is 4.79 Å². The Morgan fingerprint density at radius 3 is 2.35 bits per heavy atom. The summed E-state index contributed by atoms with van der Waals surface area (Å²) in [6.07, 6.45) is 5.89. The zero-order valence-electron chi connectivity index (χ0n) is 29.1. The lowest BCUT2D eigenvalue weighted by Crippen LogP contribution is -2.61. The highest BCUT2D eigenvalue weighted by molar-refractivity contribution is 6.38. The molecule has 1 saturated heterocycles. The Bertz CT molecular complexity index is 1410. The molecule has 1 aromatic heterocycles. The molecule has 3 aliphatic rings. The summed E-state index contributed by atoms with van der Waals surface area (Å²) >= 11 is 0. The summed E-state index contributed by atoms with van der Waals surface area (Å²) in [5, 5.41) is 8.01. The van der Waals surface area contributed by atoms with Gasteiger partial charge in [0.05, 0.1) is 6.04 Å². The fourth-order valence-corrected chi connectivity index (χ4v) is 7.41. The Morgan fingerprint density at radius 1 is 1.08 bits per heavy atom. The standard InChI is InChI=1S/C36H51N5O7/c1-8-15-23(27(42)31(45)38-19-9-2)39-30(44)26-25-22(35(25,6)7)21-41(26)32(46)28(34(3,4)5)40-33(47)48-36(17-12-10-13-18-36)29(43)24-16-11-14-20-37-24/h9,11,14,16,20,22-23,25-26,28H,2,8,10,12-13,15,17-19,21H2,1,3-7H3,(H,38,45)(H,39,44)(H,40,47)/t22-,23?,25-,26-,28+/m0/s1. The van der Waals surface area contributed by atoms with Gasteiger partial charge in [0.25, 0.3) is 5.91 Å². The third-order valence-corrected chi connectivity index (χ3v) is 10.2. The normalized spacial score (nSPS) is 23.5. The Kier molecular flexibility index (Phi) is 11.2. The number of Topliss-reactive ketones (excluding diaryl/α,β-unsaturated/α-hetero) is 2. The second kappa shape index (κ2) is 14.6. The van der Waals surface area contributed by atoms with E-state index in [1.54, 1.807) is 39.0 Å². The molecule has 0 spiro atoms. The van der Waals surface area contributed by atoms with Gasteiger partial charge >= 0.3 is 6.09 Å². The number of amides is 4. The lowest BCUT2D eigenvalue weighted by atomic mass is 9.80. The molecule has 4 amide bonds. The minimum atomic E-state index is -1.40. The molecule has 12 nitrogen and oxygen atoms in total. The quantitative estimate of drug-likeness (QED) is 0.163.